The van der Waals surface area contributed by atoms with Crippen LogP contribution < -0.4 is 4.74 Å². The Morgan fingerprint density at radius 1 is 1.17 bits per heavy atom. The molecule has 0 N–H and O–H groups in total. The van der Waals surface area contributed by atoms with Gasteiger partial charge in [-0.25, -0.2) is 9.37 Å². The summed E-state index contributed by atoms with van der Waals surface area (Å²) in [6, 6.07) is 11.6. The highest BCUT2D eigenvalue weighted by atomic mass is 32.1. The number of para-hydroxylation sites is 1. The summed E-state index contributed by atoms with van der Waals surface area (Å²) >= 11 is 1.61. The van der Waals surface area contributed by atoms with Gasteiger partial charge in [-0.05, 0) is 43.2 Å². The van der Waals surface area contributed by atoms with Gasteiger partial charge in [0, 0.05) is 5.92 Å². The van der Waals surface area contributed by atoms with Crippen LogP contribution in [0.3, 0.4) is 0 Å². The number of hydrogen-bond acceptors (Lipinski definition) is 6. The van der Waals surface area contributed by atoms with Crippen LogP contribution >= 0.6 is 11.3 Å². The molecule has 0 aliphatic heterocycles. The van der Waals surface area contributed by atoms with Crippen LogP contribution in [0.1, 0.15) is 47.0 Å². The molecule has 4 rings (SSSR count). The number of halogens is 1. The Bertz CT molecular complexity index is 1050. The Morgan fingerprint density at radius 3 is 2.77 bits per heavy atom. The van der Waals surface area contributed by atoms with Crippen LogP contribution in [0.2, 0.25) is 0 Å². The van der Waals surface area contributed by atoms with Crippen molar-refractivity contribution in [2.75, 3.05) is 13.7 Å². The lowest BCUT2D eigenvalue weighted by atomic mass is 9.79. The highest BCUT2D eigenvalue weighted by Gasteiger charge is 2.35. The van der Waals surface area contributed by atoms with Gasteiger partial charge in [-0.1, -0.05) is 25.0 Å². The molecule has 1 aromatic heterocycles. The van der Waals surface area contributed by atoms with Crippen LogP contribution in [0.5, 0.6) is 5.75 Å². The molecular weight excluding hydrogens is 405 g/mol. The lowest BCUT2D eigenvalue weighted by molar-refractivity contribution is -0.149. The Balaban J connectivity index is 1.47. The van der Waals surface area contributed by atoms with Crippen LogP contribution in [0.4, 0.5) is 4.39 Å². The summed E-state index contributed by atoms with van der Waals surface area (Å²) in [4.78, 5) is 30.1. The Kier molecular flexibility index (Phi) is 6.08. The summed E-state index contributed by atoms with van der Waals surface area (Å²) in [5.74, 6) is -1.53. The first-order valence-electron chi connectivity index (χ1n) is 9.95. The van der Waals surface area contributed by atoms with E-state index in [1.165, 1.54) is 19.2 Å². The molecule has 7 heteroatoms. The largest absolute Gasteiger partial charge is 0.496 e. The number of ketones is 1. The second kappa shape index (κ2) is 8.92. The quantitative estimate of drug-likeness (QED) is 0.402. The number of ether oxygens (including phenoxy) is 2. The van der Waals surface area contributed by atoms with Gasteiger partial charge >= 0.3 is 5.97 Å². The number of rotatable bonds is 6. The summed E-state index contributed by atoms with van der Waals surface area (Å²) in [7, 11) is 1.40. The summed E-state index contributed by atoms with van der Waals surface area (Å²) < 4.78 is 25.1. The third-order valence-electron chi connectivity index (χ3n) is 5.50. The van der Waals surface area contributed by atoms with E-state index in [4.69, 9.17) is 14.5 Å². The standard InChI is InChI=1S/C23H22FNO4S/c1-28-20-11-10-14(24)12-17(20)19(26)13-29-23(27)16-7-3-2-6-15(16)22-25-18-8-4-5-9-21(18)30-22/h4-5,8-12,15-16H,2-3,6-7,13H2,1H3/t15-,16-/m1/s1. The van der Waals surface area contributed by atoms with Gasteiger partial charge in [0.05, 0.1) is 33.8 Å². The lowest BCUT2D eigenvalue weighted by Gasteiger charge is -2.28. The number of thiazole rings is 1. The van der Waals surface area contributed by atoms with Crippen molar-refractivity contribution >= 4 is 33.3 Å². The van der Waals surface area contributed by atoms with E-state index >= 15 is 0 Å². The fourth-order valence-electron chi connectivity index (χ4n) is 3.98. The predicted molar refractivity (Wildman–Crippen MR) is 113 cm³/mol. The van der Waals surface area contributed by atoms with Gasteiger partial charge in [0.25, 0.3) is 0 Å². The molecule has 156 valence electrons. The van der Waals surface area contributed by atoms with Gasteiger partial charge in [-0.15, -0.1) is 11.3 Å². The van der Waals surface area contributed by atoms with E-state index in [9.17, 15) is 14.0 Å². The van der Waals surface area contributed by atoms with Crippen molar-refractivity contribution in [3.8, 4) is 5.75 Å². The number of methoxy groups -OCH3 is 1. The summed E-state index contributed by atoms with van der Waals surface area (Å²) in [5, 5.41) is 0.941. The van der Waals surface area contributed by atoms with Crippen LogP contribution in [0.25, 0.3) is 10.2 Å². The predicted octanol–water partition coefficient (Wildman–Crippen LogP) is 5.14. The first-order valence-corrected chi connectivity index (χ1v) is 10.8. The minimum absolute atomic E-state index is 0.0116. The SMILES string of the molecule is COc1ccc(F)cc1C(=O)COC(=O)[C@@H]1CCCC[C@H]1c1nc2ccccc2s1. The molecule has 0 bridgehead atoms. The Morgan fingerprint density at radius 2 is 1.97 bits per heavy atom. The van der Waals surface area contributed by atoms with E-state index in [-0.39, 0.29) is 23.1 Å². The van der Waals surface area contributed by atoms with Crippen molar-refractivity contribution in [3.63, 3.8) is 0 Å². The Labute approximate surface area is 177 Å². The zero-order valence-corrected chi connectivity index (χ0v) is 17.4. The fourth-order valence-corrected chi connectivity index (χ4v) is 5.14. The maximum absolute atomic E-state index is 13.5. The molecule has 0 saturated heterocycles. The maximum Gasteiger partial charge on any atom is 0.310 e. The molecule has 3 aromatic rings. The van der Waals surface area contributed by atoms with Gasteiger partial charge in [0.2, 0.25) is 5.78 Å². The molecule has 1 fully saturated rings. The summed E-state index contributed by atoms with van der Waals surface area (Å²) in [6.07, 6.45) is 3.54. The van der Waals surface area contributed by atoms with Crippen molar-refractivity contribution < 1.29 is 23.5 Å². The smallest absolute Gasteiger partial charge is 0.310 e. The monoisotopic (exact) mass is 427 g/mol. The highest BCUT2D eigenvalue weighted by molar-refractivity contribution is 7.18. The van der Waals surface area contributed by atoms with E-state index in [2.05, 4.69) is 0 Å². The van der Waals surface area contributed by atoms with Crippen molar-refractivity contribution in [3.05, 3.63) is 58.9 Å². The number of Topliss-reactive ketones (excluding diaryl/α,β-unsaturated/α-hetero) is 1. The third-order valence-corrected chi connectivity index (χ3v) is 6.67. The molecule has 0 radical (unpaired) electrons. The fraction of sp³-hybridized carbons (Fsp3) is 0.348. The zero-order valence-electron chi connectivity index (χ0n) is 16.6. The maximum atomic E-state index is 13.5. The zero-order chi connectivity index (χ0) is 21.1. The van der Waals surface area contributed by atoms with Gasteiger partial charge in [-0.2, -0.15) is 0 Å². The third kappa shape index (κ3) is 4.21. The summed E-state index contributed by atoms with van der Waals surface area (Å²) in [6.45, 7) is -0.443. The van der Waals surface area contributed by atoms with Gasteiger partial charge in [-0.3, -0.25) is 9.59 Å². The second-order valence-electron chi connectivity index (χ2n) is 7.39. The minimum Gasteiger partial charge on any atom is -0.496 e. The minimum atomic E-state index is -0.548. The van der Waals surface area contributed by atoms with Gasteiger partial charge < -0.3 is 9.47 Å². The Hall–Kier alpha value is -2.80. The molecule has 1 saturated carbocycles. The normalized spacial score (nSPS) is 18.9. The number of esters is 1. The summed E-state index contributed by atoms with van der Waals surface area (Å²) in [5.41, 5.74) is 1.00. The van der Waals surface area contributed by atoms with E-state index < -0.39 is 24.2 Å². The molecule has 0 unspecified atom stereocenters. The van der Waals surface area contributed by atoms with E-state index in [1.807, 2.05) is 24.3 Å². The average Bonchev–Trinajstić information content (AvgIpc) is 3.21. The van der Waals surface area contributed by atoms with Crippen LogP contribution in [-0.4, -0.2) is 30.5 Å². The van der Waals surface area contributed by atoms with Crippen molar-refractivity contribution in [1.82, 2.24) is 4.98 Å². The van der Waals surface area contributed by atoms with Crippen LogP contribution in [-0.2, 0) is 9.53 Å². The molecule has 5 nitrogen and oxygen atoms in total. The highest BCUT2D eigenvalue weighted by Crippen LogP contribution is 2.41. The van der Waals surface area contributed by atoms with Crippen LogP contribution in [0, 0.1) is 11.7 Å². The molecule has 1 aliphatic rings. The molecule has 2 aromatic carbocycles. The topological polar surface area (TPSA) is 65.5 Å². The number of benzene rings is 2. The molecule has 30 heavy (non-hydrogen) atoms. The second-order valence-corrected chi connectivity index (χ2v) is 8.45. The van der Waals surface area contributed by atoms with E-state index in [1.54, 1.807) is 11.3 Å². The number of fused-ring (bicyclic) bond motifs is 1. The number of nitrogens with zero attached hydrogens (tertiary/aromatic N) is 1. The average molecular weight is 427 g/mol. The molecule has 0 spiro atoms. The number of hydrogen-bond donors (Lipinski definition) is 0. The van der Waals surface area contributed by atoms with Crippen LogP contribution in [0.15, 0.2) is 42.5 Å². The molecule has 1 aliphatic carbocycles. The van der Waals surface area contributed by atoms with Gasteiger partial charge in [0.15, 0.2) is 6.61 Å². The molecule has 0 amide bonds. The number of aromatic nitrogens is 1. The first kappa shape index (κ1) is 20.5. The lowest BCUT2D eigenvalue weighted by Crippen LogP contribution is -2.29. The first-order chi connectivity index (χ1) is 14.6. The van der Waals surface area contributed by atoms with E-state index in [0.29, 0.717) is 6.42 Å². The molecular formula is C23H22FNO4S. The van der Waals surface area contributed by atoms with Crippen molar-refractivity contribution in [2.45, 2.75) is 31.6 Å². The van der Waals surface area contributed by atoms with Crippen molar-refractivity contribution in [1.29, 1.82) is 0 Å². The van der Waals surface area contributed by atoms with Gasteiger partial charge in [0.1, 0.15) is 11.6 Å². The van der Waals surface area contributed by atoms with E-state index in [0.717, 1.165) is 40.6 Å². The number of carbonyl (C=O) groups excluding carboxylic acids is 2. The molecule has 1 heterocycles. The molecule has 2 atom stereocenters. The number of carbonyl (C=O) groups is 2. The van der Waals surface area contributed by atoms with Crippen molar-refractivity contribution in [2.24, 2.45) is 5.92 Å².